The molecule has 0 radical (unpaired) electrons. The van der Waals surface area contributed by atoms with E-state index in [1.807, 2.05) is 11.8 Å². The van der Waals surface area contributed by atoms with Crippen molar-refractivity contribution in [2.75, 3.05) is 30.0 Å². The van der Waals surface area contributed by atoms with Crippen LogP contribution in [0, 0.1) is 0 Å². The molecule has 6 heteroatoms. The van der Waals surface area contributed by atoms with E-state index in [0.717, 1.165) is 31.1 Å². The molecule has 1 aromatic heterocycles. The van der Waals surface area contributed by atoms with Crippen LogP contribution in [0.5, 0.6) is 0 Å². The number of hydrogen-bond acceptors (Lipinski definition) is 6. The van der Waals surface area contributed by atoms with Gasteiger partial charge in [-0.3, -0.25) is 0 Å². The summed E-state index contributed by atoms with van der Waals surface area (Å²) in [6.07, 6.45) is 0.756. The van der Waals surface area contributed by atoms with Crippen molar-refractivity contribution in [1.29, 1.82) is 0 Å². The van der Waals surface area contributed by atoms with Gasteiger partial charge in [-0.05, 0) is 11.6 Å². The Hall–Kier alpha value is -1.53. The summed E-state index contributed by atoms with van der Waals surface area (Å²) >= 11 is 1.87. The van der Waals surface area contributed by atoms with Gasteiger partial charge in [0, 0.05) is 36.1 Å². The Labute approximate surface area is 127 Å². The normalized spacial score (nSPS) is 24.6. The molecule has 1 fully saturated rings. The van der Waals surface area contributed by atoms with Crippen LogP contribution in [0.3, 0.4) is 0 Å². The van der Waals surface area contributed by atoms with E-state index in [9.17, 15) is 0 Å². The van der Waals surface area contributed by atoms with Gasteiger partial charge in [-0.2, -0.15) is 16.7 Å². The van der Waals surface area contributed by atoms with Crippen LogP contribution < -0.4 is 5.32 Å². The lowest BCUT2D eigenvalue weighted by Crippen LogP contribution is -2.16. The van der Waals surface area contributed by atoms with Crippen molar-refractivity contribution >= 4 is 17.4 Å². The van der Waals surface area contributed by atoms with Gasteiger partial charge < -0.3 is 14.6 Å². The third-order valence-electron chi connectivity index (χ3n) is 3.95. The van der Waals surface area contributed by atoms with Crippen molar-refractivity contribution in [3.05, 3.63) is 41.5 Å². The second-order valence-corrected chi connectivity index (χ2v) is 6.50. The Bertz CT molecular complexity index is 625. The highest BCUT2D eigenvalue weighted by molar-refractivity contribution is 7.99. The molecule has 21 heavy (non-hydrogen) atoms. The predicted molar refractivity (Wildman–Crippen MR) is 81.7 cm³/mol. The Morgan fingerprint density at radius 3 is 3.19 bits per heavy atom. The standard InChI is InChI=1S/C15H17N3O2S/c1-2-4-12-11(3-1)10(8-16-12)7-14-17-15(18-20-14)13-9-21-6-5-19-13/h1-4,10,13,16H,5-9H2. The Morgan fingerprint density at radius 1 is 1.33 bits per heavy atom. The number of benzene rings is 1. The number of nitrogens with one attached hydrogen (secondary N) is 1. The zero-order chi connectivity index (χ0) is 14.1. The van der Waals surface area contributed by atoms with Crippen LogP contribution in [0.1, 0.15) is 29.3 Å². The highest BCUT2D eigenvalue weighted by Crippen LogP contribution is 2.33. The maximum absolute atomic E-state index is 5.69. The van der Waals surface area contributed by atoms with E-state index < -0.39 is 0 Å². The maximum Gasteiger partial charge on any atom is 0.227 e. The molecule has 0 amide bonds. The molecule has 1 saturated heterocycles. The van der Waals surface area contributed by atoms with E-state index in [1.165, 1.54) is 11.3 Å². The van der Waals surface area contributed by atoms with Gasteiger partial charge in [0.2, 0.25) is 11.7 Å². The van der Waals surface area contributed by atoms with E-state index in [4.69, 9.17) is 9.26 Å². The van der Waals surface area contributed by atoms with E-state index >= 15 is 0 Å². The van der Waals surface area contributed by atoms with E-state index in [0.29, 0.717) is 17.6 Å². The molecule has 2 aromatic rings. The third kappa shape index (κ3) is 2.65. The number of ether oxygens (including phenoxy) is 1. The zero-order valence-corrected chi connectivity index (χ0v) is 12.4. The van der Waals surface area contributed by atoms with Crippen LogP contribution in [-0.4, -0.2) is 34.8 Å². The number of thioether (sulfide) groups is 1. The number of anilines is 1. The lowest BCUT2D eigenvalue weighted by Gasteiger charge is -2.18. The minimum absolute atomic E-state index is 0.0183. The van der Waals surface area contributed by atoms with Crippen molar-refractivity contribution in [3.8, 4) is 0 Å². The van der Waals surface area contributed by atoms with E-state index in [2.05, 4.69) is 39.7 Å². The summed E-state index contributed by atoms with van der Waals surface area (Å²) in [5.41, 5.74) is 2.55. The number of para-hydroxylation sites is 1. The molecule has 0 aliphatic carbocycles. The van der Waals surface area contributed by atoms with Crippen LogP contribution in [0.25, 0.3) is 0 Å². The lowest BCUT2D eigenvalue weighted by molar-refractivity contribution is 0.0677. The maximum atomic E-state index is 5.69. The summed E-state index contributed by atoms with van der Waals surface area (Å²) in [6, 6.07) is 8.40. The second kappa shape index (κ2) is 5.69. The minimum Gasteiger partial charge on any atom is -0.384 e. The molecule has 2 unspecified atom stereocenters. The van der Waals surface area contributed by atoms with Gasteiger partial charge in [-0.1, -0.05) is 23.4 Å². The fraction of sp³-hybridized carbons (Fsp3) is 0.467. The highest BCUT2D eigenvalue weighted by atomic mass is 32.2. The molecule has 2 aliphatic heterocycles. The van der Waals surface area contributed by atoms with Crippen LogP contribution in [0.2, 0.25) is 0 Å². The molecular formula is C15H17N3O2S. The first-order valence-corrected chi connectivity index (χ1v) is 8.40. The number of hydrogen-bond donors (Lipinski definition) is 1. The topological polar surface area (TPSA) is 60.2 Å². The molecule has 3 heterocycles. The molecule has 1 aromatic carbocycles. The molecule has 0 bridgehead atoms. The third-order valence-corrected chi connectivity index (χ3v) is 4.94. The summed E-state index contributed by atoms with van der Waals surface area (Å²) < 4.78 is 11.1. The summed E-state index contributed by atoms with van der Waals surface area (Å²) in [5.74, 6) is 3.75. The summed E-state index contributed by atoms with van der Waals surface area (Å²) in [4.78, 5) is 4.53. The fourth-order valence-corrected chi connectivity index (χ4v) is 3.71. The van der Waals surface area contributed by atoms with Crippen molar-refractivity contribution in [3.63, 3.8) is 0 Å². The van der Waals surface area contributed by atoms with Crippen molar-refractivity contribution in [2.45, 2.75) is 18.4 Å². The number of rotatable bonds is 3. The van der Waals surface area contributed by atoms with Crippen LogP contribution in [0.15, 0.2) is 28.8 Å². The summed E-state index contributed by atoms with van der Waals surface area (Å²) in [6.45, 7) is 1.69. The average molecular weight is 303 g/mol. The lowest BCUT2D eigenvalue weighted by atomic mass is 9.98. The van der Waals surface area contributed by atoms with Crippen molar-refractivity contribution in [2.24, 2.45) is 0 Å². The van der Waals surface area contributed by atoms with E-state index in [-0.39, 0.29) is 6.10 Å². The molecule has 4 rings (SSSR count). The van der Waals surface area contributed by atoms with Gasteiger partial charge in [0.1, 0.15) is 6.10 Å². The average Bonchev–Trinajstić information content (AvgIpc) is 3.17. The molecule has 2 atom stereocenters. The number of aromatic nitrogens is 2. The number of nitrogens with zero attached hydrogens (tertiary/aromatic N) is 2. The van der Waals surface area contributed by atoms with Gasteiger partial charge in [0.15, 0.2) is 0 Å². The van der Waals surface area contributed by atoms with Crippen LogP contribution in [0.4, 0.5) is 5.69 Å². The zero-order valence-electron chi connectivity index (χ0n) is 11.6. The van der Waals surface area contributed by atoms with Crippen LogP contribution >= 0.6 is 11.8 Å². The molecule has 110 valence electrons. The Morgan fingerprint density at radius 2 is 2.29 bits per heavy atom. The highest BCUT2D eigenvalue weighted by Gasteiger charge is 2.26. The molecular weight excluding hydrogens is 286 g/mol. The van der Waals surface area contributed by atoms with Gasteiger partial charge >= 0.3 is 0 Å². The smallest absolute Gasteiger partial charge is 0.227 e. The van der Waals surface area contributed by atoms with Gasteiger partial charge in [0.05, 0.1) is 6.61 Å². The molecule has 2 aliphatic rings. The van der Waals surface area contributed by atoms with E-state index in [1.54, 1.807) is 0 Å². The Kier molecular flexibility index (Phi) is 3.57. The molecule has 0 spiro atoms. The quantitative estimate of drug-likeness (QED) is 0.940. The first-order chi connectivity index (χ1) is 10.4. The monoisotopic (exact) mass is 303 g/mol. The van der Waals surface area contributed by atoms with Gasteiger partial charge in [-0.25, -0.2) is 0 Å². The number of fused-ring (bicyclic) bond motifs is 1. The fourth-order valence-electron chi connectivity index (χ4n) is 2.87. The summed E-state index contributed by atoms with van der Waals surface area (Å²) in [7, 11) is 0. The first kappa shape index (κ1) is 13.2. The predicted octanol–water partition coefficient (Wildman–Crippen LogP) is 2.63. The minimum atomic E-state index is -0.0183. The molecule has 1 N–H and O–H groups in total. The Balaban J connectivity index is 1.47. The first-order valence-electron chi connectivity index (χ1n) is 7.25. The van der Waals surface area contributed by atoms with Crippen molar-refractivity contribution in [1.82, 2.24) is 10.1 Å². The molecule has 0 saturated carbocycles. The second-order valence-electron chi connectivity index (χ2n) is 5.35. The SMILES string of the molecule is c1ccc2c(c1)NCC2Cc1nc(C2CSCCO2)no1. The molecule has 5 nitrogen and oxygen atoms in total. The van der Waals surface area contributed by atoms with Crippen LogP contribution in [-0.2, 0) is 11.2 Å². The van der Waals surface area contributed by atoms with Crippen molar-refractivity contribution < 1.29 is 9.26 Å². The summed E-state index contributed by atoms with van der Waals surface area (Å²) in [5, 5.41) is 7.52. The largest absolute Gasteiger partial charge is 0.384 e. The van der Waals surface area contributed by atoms with Gasteiger partial charge in [0.25, 0.3) is 0 Å². The van der Waals surface area contributed by atoms with Gasteiger partial charge in [-0.15, -0.1) is 0 Å².